The maximum Gasteiger partial charge on any atom is 0.328 e. The number of aliphatic carboxylic acids is 1. The fraction of sp³-hybridized carbons (Fsp3) is 0.300. The normalized spacial score (nSPS) is 22.5. The van der Waals surface area contributed by atoms with E-state index in [1.807, 2.05) is 11.4 Å². The van der Waals surface area contributed by atoms with Gasteiger partial charge in [-0.2, -0.15) is 0 Å². The van der Waals surface area contributed by atoms with Crippen molar-refractivity contribution < 1.29 is 19.5 Å². The largest absolute Gasteiger partial charge is 0.480 e. The smallest absolute Gasteiger partial charge is 0.328 e. The number of thiophene rings is 1. The lowest BCUT2D eigenvalue weighted by Crippen LogP contribution is -2.71. The quantitative estimate of drug-likeness (QED) is 0.623. The molecule has 0 radical (unpaired) electrons. The zero-order valence-electron chi connectivity index (χ0n) is 8.67. The number of carboxylic acids is 1. The Hall–Kier alpha value is -1.89. The SMILES string of the molecule is O=C(Cc1cccs1)NC1C(=O)NC1C(=O)O. The van der Waals surface area contributed by atoms with E-state index >= 15 is 0 Å². The molecule has 3 N–H and O–H groups in total. The Morgan fingerprint density at radius 2 is 2.29 bits per heavy atom. The van der Waals surface area contributed by atoms with Crippen molar-refractivity contribution in [1.82, 2.24) is 10.6 Å². The summed E-state index contributed by atoms with van der Waals surface area (Å²) in [7, 11) is 0. The molecule has 0 spiro atoms. The van der Waals surface area contributed by atoms with Gasteiger partial charge in [0.25, 0.3) is 0 Å². The van der Waals surface area contributed by atoms with E-state index in [4.69, 9.17) is 5.11 Å². The van der Waals surface area contributed by atoms with Gasteiger partial charge in [0.15, 0.2) is 6.04 Å². The first-order valence-corrected chi connectivity index (χ1v) is 5.81. The lowest BCUT2D eigenvalue weighted by Gasteiger charge is -2.33. The maximum atomic E-state index is 11.5. The zero-order chi connectivity index (χ0) is 12.4. The lowest BCUT2D eigenvalue weighted by molar-refractivity contribution is -0.151. The van der Waals surface area contributed by atoms with Crippen molar-refractivity contribution in [2.45, 2.75) is 18.5 Å². The fourth-order valence-corrected chi connectivity index (χ4v) is 2.23. The van der Waals surface area contributed by atoms with Gasteiger partial charge in [-0.15, -0.1) is 11.3 Å². The molecule has 2 rings (SSSR count). The molecule has 7 heteroatoms. The number of amides is 2. The van der Waals surface area contributed by atoms with Crippen LogP contribution in [-0.4, -0.2) is 35.0 Å². The van der Waals surface area contributed by atoms with Crippen LogP contribution in [0.2, 0.25) is 0 Å². The van der Waals surface area contributed by atoms with Crippen molar-refractivity contribution in [2.75, 3.05) is 0 Å². The average molecular weight is 254 g/mol. The molecule has 2 amide bonds. The molecule has 0 saturated carbocycles. The number of hydrogen-bond donors (Lipinski definition) is 3. The van der Waals surface area contributed by atoms with E-state index < -0.39 is 24.0 Å². The Morgan fingerprint density at radius 3 is 2.82 bits per heavy atom. The van der Waals surface area contributed by atoms with Crippen molar-refractivity contribution in [1.29, 1.82) is 0 Å². The van der Waals surface area contributed by atoms with Gasteiger partial charge in [-0.1, -0.05) is 6.07 Å². The Bertz CT molecular complexity index is 457. The third-order valence-corrected chi connectivity index (χ3v) is 3.29. The number of carbonyl (C=O) groups is 3. The molecule has 1 aromatic rings. The van der Waals surface area contributed by atoms with Gasteiger partial charge >= 0.3 is 5.97 Å². The Morgan fingerprint density at radius 1 is 1.53 bits per heavy atom. The molecule has 0 aromatic carbocycles. The summed E-state index contributed by atoms with van der Waals surface area (Å²) in [5, 5.41) is 15.2. The predicted molar refractivity (Wildman–Crippen MR) is 59.5 cm³/mol. The van der Waals surface area contributed by atoms with Crippen LogP contribution in [-0.2, 0) is 20.8 Å². The molecule has 0 aliphatic carbocycles. The Labute approximate surface area is 101 Å². The summed E-state index contributed by atoms with van der Waals surface area (Å²) in [5.41, 5.74) is 0. The van der Waals surface area contributed by atoms with E-state index in [9.17, 15) is 14.4 Å². The monoisotopic (exact) mass is 254 g/mol. The molecule has 17 heavy (non-hydrogen) atoms. The molecule has 1 saturated heterocycles. The van der Waals surface area contributed by atoms with Crippen molar-refractivity contribution in [3.8, 4) is 0 Å². The average Bonchev–Trinajstić information content (AvgIpc) is 2.75. The maximum absolute atomic E-state index is 11.5. The van der Waals surface area contributed by atoms with Crippen molar-refractivity contribution >= 4 is 29.1 Å². The molecule has 2 atom stereocenters. The molecular weight excluding hydrogens is 244 g/mol. The zero-order valence-corrected chi connectivity index (χ0v) is 9.49. The Kier molecular flexibility index (Phi) is 3.10. The van der Waals surface area contributed by atoms with E-state index in [1.54, 1.807) is 6.07 Å². The molecule has 1 aromatic heterocycles. The molecule has 2 heterocycles. The van der Waals surface area contributed by atoms with Crippen LogP contribution in [0.3, 0.4) is 0 Å². The summed E-state index contributed by atoms with van der Waals surface area (Å²) in [5.74, 6) is -1.96. The summed E-state index contributed by atoms with van der Waals surface area (Å²) in [4.78, 5) is 34.2. The first-order valence-electron chi connectivity index (χ1n) is 4.93. The predicted octanol–water partition coefficient (Wildman–Crippen LogP) is -0.642. The number of rotatable bonds is 4. The standard InChI is InChI=1S/C10H10N2O4S/c13-6(4-5-2-1-3-17-5)11-7-8(10(15)16)12-9(7)14/h1-3,7-8H,4H2,(H,11,13)(H,12,14)(H,15,16). The van der Waals surface area contributed by atoms with Gasteiger partial charge in [0.1, 0.15) is 6.04 Å². The van der Waals surface area contributed by atoms with E-state index in [0.717, 1.165) is 4.88 Å². The number of carboxylic acid groups (broad SMARTS) is 1. The topological polar surface area (TPSA) is 95.5 Å². The minimum atomic E-state index is -1.15. The van der Waals surface area contributed by atoms with Gasteiger partial charge in [-0.05, 0) is 11.4 Å². The van der Waals surface area contributed by atoms with Gasteiger partial charge in [0, 0.05) is 4.88 Å². The van der Waals surface area contributed by atoms with E-state index in [2.05, 4.69) is 10.6 Å². The Balaban J connectivity index is 1.90. The summed E-state index contributed by atoms with van der Waals surface area (Å²) >= 11 is 1.43. The van der Waals surface area contributed by atoms with E-state index in [1.165, 1.54) is 11.3 Å². The first kappa shape index (κ1) is 11.6. The lowest BCUT2D eigenvalue weighted by atomic mass is 9.99. The third-order valence-electron chi connectivity index (χ3n) is 2.41. The number of β-lactam (4-membered cyclic amide) rings is 1. The highest BCUT2D eigenvalue weighted by Gasteiger charge is 2.45. The summed E-state index contributed by atoms with van der Waals surface area (Å²) in [6.45, 7) is 0. The van der Waals surface area contributed by atoms with Crippen molar-refractivity contribution in [2.24, 2.45) is 0 Å². The van der Waals surface area contributed by atoms with Crippen LogP contribution in [0.4, 0.5) is 0 Å². The third kappa shape index (κ3) is 2.44. The van der Waals surface area contributed by atoms with Gasteiger partial charge in [0.05, 0.1) is 6.42 Å². The molecule has 2 unspecified atom stereocenters. The number of carbonyl (C=O) groups excluding carboxylic acids is 2. The van der Waals surface area contributed by atoms with Crippen LogP contribution < -0.4 is 10.6 Å². The minimum Gasteiger partial charge on any atom is -0.480 e. The van der Waals surface area contributed by atoms with Gasteiger partial charge in [-0.25, -0.2) is 4.79 Å². The second-order valence-corrected chi connectivity index (χ2v) is 4.66. The highest BCUT2D eigenvalue weighted by Crippen LogP contribution is 2.11. The van der Waals surface area contributed by atoms with Crippen LogP contribution in [0.15, 0.2) is 17.5 Å². The highest BCUT2D eigenvalue weighted by atomic mass is 32.1. The molecule has 6 nitrogen and oxygen atoms in total. The first-order chi connectivity index (χ1) is 8.08. The second kappa shape index (κ2) is 4.54. The van der Waals surface area contributed by atoms with Crippen LogP contribution in [0.25, 0.3) is 0 Å². The van der Waals surface area contributed by atoms with Gasteiger partial charge in [-0.3, -0.25) is 9.59 Å². The summed E-state index contributed by atoms with van der Waals surface area (Å²) in [6.07, 6.45) is 0.161. The van der Waals surface area contributed by atoms with Gasteiger partial charge in [0.2, 0.25) is 11.8 Å². The number of nitrogens with one attached hydrogen (secondary N) is 2. The molecule has 90 valence electrons. The van der Waals surface area contributed by atoms with Crippen molar-refractivity contribution in [3.05, 3.63) is 22.4 Å². The van der Waals surface area contributed by atoms with E-state index in [-0.39, 0.29) is 12.3 Å². The highest BCUT2D eigenvalue weighted by molar-refractivity contribution is 7.10. The molecule has 1 aliphatic rings. The van der Waals surface area contributed by atoms with Crippen LogP contribution in [0.5, 0.6) is 0 Å². The van der Waals surface area contributed by atoms with Crippen LogP contribution in [0.1, 0.15) is 4.88 Å². The van der Waals surface area contributed by atoms with Gasteiger partial charge < -0.3 is 15.7 Å². The summed E-state index contributed by atoms with van der Waals surface area (Å²) in [6, 6.07) is 1.65. The number of hydrogen-bond acceptors (Lipinski definition) is 4. The van der Waals surface area contributed by atoms with Crippen LogP contribution >= 0.6 is 11.3 Å². The minimum absolute atomic E-state index is 0.161. The molecule has 0 bridgehead atoms. The molecule has 1 aliphatic heterocycles. The molecular formula is C10H10N2O4S. The molecule has 1 fully saturated rings. The van der Waals surface area contributed by atoms with E-state index in [0.29, 0.717) is 0 Å². The summed E-state index contributed by atoms with van der Waals surface area (Å²) < 4.78 is 0. The fourth-order valence-electron chi connectivity index (χ4n) is 1.53. The van der Waals surface area contributed by atoms with Crippen LogP contribution in [0, 0.1) is 0 Å². The second-order valence-electron chi connectivity index (χ2n) is 3.63. The van der Waals surface area contributed by atoms with Crippen molar-refractivity contribution in [3.63, 3.8) is 0 Å².